The monoisotopic (exact) mass is 427 g/mol. The zero-order valence-corrected chi connectivity index (χ0v) is 16.6. The van der Waals surface area contributed by atoms with Crippen molar-refractivity contribution in [1.82, 2.24) is 4.90 Å². The first-order chi connectivity index (χ1) is 13.3. The summed E-state index contributed by atoms with van der Waals surface area (Å²) in [7, 11) is -3.55. The third-order valence-corrected chi connectivity index (χ3v) is 7.57. The number of amides is 1. The zero-order chi connectivity index (χ0) is 20.3. The van der Waals surface area contributed by atoms with Crippen LogP contribution in [-0.2, 0) is 21.1 Å². The van der Waals surface area contributed by atoms with E-state index in [2.05, 4.69) is 0 Å². The molecule has 1 aliphatic rings. The summed E-state index contributed by atoms with van der Waals surface area (Å²) in [6, 6.07) is 9.26. The van der Waals surface area contributed by atoms with Crippen molar-refractivity contribution in [2.75, 3.05) is 13.1 Å². The van der Waals surface area contributed by atoms with Gasteiger partial charge in [0, 0.05) is 19.5 Å². The lowest BCUT2D eigenvalue weighted by Gasteiger charge is -2.32. The number of piperidine rings is 1. The maximum absolute atomic E-state index is 13.5. The summed E-state index contributed by atoms with van der Waals surface area (Å²) < 4.78 is 51.8. The van der Waals surface area contributed by atoms with E-state index in [1.807, 2.05) is 0 Å². The van der Waals surface area contributed by atoms with Gasteiger partial charge in [-0.05, 0) is 61.2 Å². The van der Waals surface area contributed by atoms with E-state index < -0.39 is 26.7 Å². The highest BCUT2D eigenvalue weighted by atomic mass is 35.5. The third kappa shape index (κ3) is 4.70. The van der Waals surface area contributed by atoms with Crippen molar-refractivity contribution in [2.24, 2.45) is 0 Å². The van der Waals surface area contributed by atoms with Crippen LogP contribution in [0.1, 0.15) is 24.8 Å². The molecule has 1 aliphatic heterocycles. The highest BCUT2D eigenvalue weighted by molar-refractivity contribution is 7.92. The molecular formula is C20H20ClF2NO3S. The second kappa shape index (κ2) is 8.57. The van der Waals surface area contributed by atoms with E-state index >= 15 is 0 Å². The average Bonchev–Trinajstić information content (AvgIpc) is 2.69. The topological polar surface area (TPSA) is 54.5 Å². The molecule has 0 radical (unpaired) electrons. The van der Waals surface area contributed by atoms with E-state index in [0.717, 1.165) is 12.1 Å². The largest absolute Gasteiger partial charge is 0.343 e. The van der Waals surface area contributed by atoms with Crippen LogP contribution in [-0.4, -0.2) is 37.6 Å². The Kier molecular flexibility index (Phi) is 6.35. The van der Waals surface area contributed by atoms with Crippen molar-refractivity contribution < 1.29 is 22.0 Å². The molecule has 2 aromatic carbocycles. The number of carbonyl (C=O) groups is 1. The second-order valence-electron chi connectivity index (χ2n) is 6.83. The molecule has 1 saturated heterocycles. The van der Waals surface area contributed by atoms with Crippen molar-refractivity contribution >= 4 is 27.3 Å². The number of carbonyl (C=O) groups excluding carboxylic acids is 1. The first-order valence-corrected chi connectivity index (χ1v) is 10.9. The number of nitrogens with zero attached hydrogens (tertiary/aromatic N) is 1. The summed E-state index contributed by atoms with van der Waals surface area (Å²) in [5.74, 6) is -1.09. The van der Waals surface area contributed by atoms with Crippen molar-refractivity contribution in [3.05, 3.63) is 64.7 Å². The van der Waals surface area contributed by atoms with Crippen LogP contribution in [0.15, 0.2) is 47.4 Å². The van der Waals surface area contributed by atoms with Crippen LogP contribution in [0.4, 0.5) is 8.78 Å². The molecule has 0 bridgehead atoms. The molecule has 0 spiro atoms. The summed E-state index contributed by atoms with van der Waals surface area (Å²) >= 11 is 5.65. The van der Waals surface area contributed by atoms with E-state index in [-0.39, 0.29) is 22.2 Å². The summed E-state index contributed by atoms with van der Waals surface area (Å²) in [6.45, 7) is 0.692. The standard InChI is InChI=1S/C20H20ClF2NO3S/c21-18-7-1-14(13-19(18)23)2-8-20(25)24-11-9-17(10-12-24)28(26,27)16-5-3-15(22)4-6-16/h1,3-7,13,17H,2,8-12H2. The fourth-order valence-electron chi connectivity index (χ4n) is 3.34. The van der Waals surface area contributed by atoms with E-state index in [4.69, 9.17) is 11.6 Å². The van der Waals surface area contributed by atoms with Gasteiger partial charge < -0.3 is 4.90 Å². The van der Waals surface area contributed by atoms with E-state index in [9.17, 15) is 22.0 Å². The van der Waals surface area contributed by atoms with Gasteiger partial charge in [-0.2, -0.15) is 0 Å². The van der Waals surface area contributed by atoms with Gasteiger partial charge in [-0.15, -0.1) is 0 Å². The van der Waals surface area contributed by atoms with Gasteiger partial charge in [-0.25, -0.2) is 17.2 Å². The van der Waals surface area contributed by atoms with Gasteiger partial charge in [-0.3, -0.25) is 4.79 Å². The Morgan fingerprint density at radius 2 is 1.71 bits per heavy atom. The lowest BCUT2D eigenvalue weighted by Crippen LogP contribution is -2.42. The Bertz CT molecular complexity index is 956. The zero-order valence-electron chi connectivity index (χ0n) is 15.1. The van der Waals surface area contributed by atoms with E-state index in [1.54, 1.807) is 11.0 Å². The number of likely N-dealkylation sites (tertiary alicyclic amines) is 1. The Balaban J connectivity index is 1.55. The summed E-state index contributed by atoms with van der Waals surface area (Å²) in [5, 5.41) is -0.549. The van der Waals surface area contributed by atoms with Crippen molar-refractivity contribution in [2.45, 2.75) is 35.8 Å². The number of aryl methyl sites for hydroxylation is 1. The van der Waals surface area contributed by atoms with Crippen LogP contribution in [0.25, 0.3) is 0 Å². The fourth-order valence-corrected chi connectivity index (χ4v) is 5.19. The fraction of sp³-hybridized carbons (Fsp3) is 0.350. The average molecular weight is 428 g/mol. The smallest absolute Gasteiger partial charge is 0.222 e. The maximum Gasteiger partial charge on any atom is 0.222 e. The van der Waals surface area contributed by atoms with Gasteiger partial charge in [0.15, 0.2) is 9.84 Å². The number of hydrogen-bond acceptors (Lipinski definition) is 3. The molecule has 1 amide bonds. The minimum absolute atomic E-state index is 0.0412. The molecule has 150 valence electrons. The predicted octanol–water partition coefficient (Wildman–Crippen LogP) is 4.02. The van der Waals surface area contributed by atoms with Crippen LogP contribution in [0.5, 0.6) is 0 Å². The quantitative estimate of drug-likeness (QED) is 0.677. The van der Waals surface area contributed by atoms with Gasteiger partial charge >= 0.3 is 0 Å². The van der Waals surface area contributed by atoms with Gasteiger partial charge in [-0.1, -0.05) is 17.7 Å². The first kappa shape index (κ1) is 20.7. The van der Waals surface area contributed by atoms with Crippen LogP contribution in [0.3, 0.4) is 0 Å². The second-order valence-corrected chi connectivity index (χ2v) is 9.46. The Labute approximate surface area is 168 Å². The van der Waals surface area contributed by atoms with Gasteiger partial charge in [0.05, 0.1) is 15.2 Å². The Hall–Kier alpha value is -1.99. The Morgan fingerprint density at radius 3 is 2.32 bits per heavy atom. The van der Waals surface area contributed by atoms with Gasteiger partial charge in [0.1, 0.15) is 11.6 Å². The summed E-state index contributed by atoms with van der Waals surface area (Å²) in [6.07, 6.45) is 1.28. The van der Waals surface area contributed by atoms with Gasteiger partial charge in [0.2, 0.25) is 5.91 Å². The van der Waals surface area contributed by atoms with Crippen molar-refractivity contribution in [3.63, 3.8) is 0 Å². The number of hydrogen-bond donors (Lipinski definition) is 0. The van der Waals surface area contributed by atoms with E-state index in [1.165, 1.54) is 24.3 Å². The molecule has 0 unspecified atom stereocenters. The van der Waals surface area contributed by atoms with E-state index in [0.29, 0.717) is 37.9 Å². The maximum atomic E-state index is 13.5. The number of sulfone groups is 1. The molecule has 0 saturated carbocycles. The van der Waals surface area contributed by atoms with Crippen molar-refractivity contribution in [3.8, 4) is 0 Å². The lowest BCUT2D eigenvalue weighted by atomic mass is 10.1. The molecule has 8 heteroatoms. The summed E-state index contributed by atoms with van der Waals surface area (Å²) in [4.78, 5) is 14.1. The van der Waals surface area contributed by atoms with Crippen LogP contribution >= 0.6 is 11.6 Å². The molecule has 0 N–H and O–H groups in total. The third-order valence-electron chi connectivity index (χ3n) is 4.99. The van der Waals surface area contributed by atoms with Gasteiger partial charge in [0.25, 0.3) is 0 Å². The predicted molar refractivity (Wildman–Crippen MR) is 103 cm³/mol. The molecular weight excluding hydrogens is 408 g/mol. The first-order valence-electron chi connectivity index (χ1n) is 8.98. The highest BCUT2D eigenvalue weighted by Gasteiger charge is 2.32. The summed E-state index contributed by atoms with van der Waals surface area (Å²) in [5.41, 5.74) is 0.684. The number of rotatable bonds is 5. The number of halogens is 3. The molecule has 28 heavy (non-hydrogen) atoms. The molecule has 1 fully saturated rings. The molecule has 2 aromatic rings. The molecule has 0 aliphatic carbocycles. The number of benzene rings is 2. The minimum atomic E-state index is -3.55. The molecule has 0 atom stereocenters. The van der Waals surface area contributed by atoms with Crippen LogP contribution < -0.4 is 0 Å². The molecule has 1 heterocycles. The molecule has 4 nitrogen and oxygen atoms in total. The molecule has 0 aromatic heterocycles. The minimum Gasteiger partial charge on any atom is -0.343 e. The SMILES string of the molecule is O=C(CCc1ccc(Cl)c(F)c1)N1CCC(S(=O)(=O)c2ccc(F)cc2)CC1. The molecule has 3 rings (SSSR count). The Morgan fingerprint density at radius 1 is 1.07 bits per heavy atom. The van der Waals surface area contributed by atoms with Crippen molar-refractivity contribution in [1.29, 1.82) is 0 Å². The normalized spacial score (nSPS) is 15.6. The van der Waals surface area contributed by atoms with Crippen LogP contribution in [0, 0.1) is 11.6 Å². The highest BCUT2D eigenvalue weighted by Crippen LogP contribution is 2.25. The lowest BCUT2D eigenvalue weighted by molar-refractivity contribution is -0.132. The van der Waals surface area contributed by atoms with Crippen LogP contribution in [0.2, 0.25) is 5.02 Å².